The number of carbonyl (C=O) groups is 2. The van der Waals surface area contributed by atoms with Crippen molar-refractivity contribution >= 4 is 55.5 Å². The molecule has 1 aliphatic heterocycles. The Morgan fingerprint density at radius 3 is 2.31 bits per heavy atom. The van der Waals surface area contributed by atoms with Crippen LogP contribution < -0.4 is 19.1 Å². The van der Waals surface area contributed by atoms with Crippen LogP contribution in [-0.2, 0) is 9.59 Å². The molecule has 8 nitrogen and oxygen atoms in total. The number of hydrogen-bond donors (Lipinski definition) is 1. The number of aromatic nitrogens is 1. The maximum absolute atomic E-state index is 13.4. The van der Waals surface area contributed by atoms with Crippen molar-refractivity contribution in [2.75, 3.05) is 26.2 Å². The number of Topliss-reactive ketones (excluding diaryl/α,β-unsaturated/α-hetero) is 1. The Balaban J connectivity index is 1.74. The van der Waals surface area contributed by atoms with Crippen LogP contribution in [0.4, 0.5) is 5.13 Å². The lowest BCUT2D eigenvalue weighted by atomic mass is 9.99. The van der Waals surface area contributed by atoms with E-state index in [9.17, 15) is 14.7 Å². The minimum atomic E-state index is -0.872. The summed E-state index contributed by atoms with van der Waals surface area (Å²) in [4.78, 5) is 33.6. The molecule has 0 radical (unpaired) electrons. The molecule has 1 N–H and O–H groups in total. The standard InChI is InChI=1S/C26H22N2O6S2/c1-13-11-14-19(12-17(13)34-4)36-26(27-14)28-22(18-9-6-10-35-18)21(24(30)25(28)31)23(29)20-15(32-2)7-5-8-16(20)33-3/h5-12,22,29H,1-4H3/b23-21+. The van der Waals surface area contributed by atoms with Crippen molar-refractivity contribution in [3.8, 4) is 17.2 Å². The number of nitrogens with zero attached hydrogens (tertiary/aromatic N) is 2. The maximum Gasteiger partial charge on any atom is 0.301 e. The van der Waals surface area contributed by atoms with Crippen molar-refractivity contribution in [1.82, 2.24) is 4.98 Å². The van der Waals surface area contributed by atoms with Crippen LogP contribution in [0, 0.1) is 6.92 Å². The third-order valence-corrected chi connectivity index (χ3v) is 7.96. The van der Waals surface area contributed by atoms with Gasteiger partial charge in [-0.3, -0.25) is 14.5 Å². The minimum Gasteiger partial charge on any atom is -0.506 e. The highest BCUT2D eigenvalue weighted by Crippen LogP contribution is 2.47. The number of rotatable bonds is 6. The number of fused-ring (bicyclic) bond motifs is 1. The summed E-state index contributed by atoms with van der Waals surface area (Å²) < 4.78 is 17.1. The van der Waals surface area contributed by atoms with Crippen LogP contribution in [0.5, 0.6) is 17.2 Å². The second-order valence-corrected chi connectivity index (χ2v) is 10.00. The summed E-state index contributed by atoms with van der Waals surface area (Å²) in [6.07, 6.45) is 0. The van der Waals surface area contributed by atoms with Crippen molar-refractivity contribution < 1.29 is 28.9 Å². The molecule has 10 heteroatoms. The first-order chi connectivity index (χ1) is 17.4. The van der Waals surface area contributed by atoms with Crippen molar-refractivity contribution in [2.45, 2.75) is 13.0 Å². The number of aliphatic hydroxyl groups is 1. The van der Waals surface area contributed by atoms with Crippen molar-refractivity contribution in [2.24, 2.45) is 0 Å². The van der Waals surface area contributed by atoms with E-state index >= 15 is 0 Å². The van der Waals surface area contributed by atoms with Crippen LogP contribution in [0.1, 0.15) is 22.0 Å². The molecule has 184 valence electrons. The fraction of sp³-hybridized carbons (Fsp3) is 0.192. The molecule has 1 saturated heterocycles. The van der Waals surface area contributed by atoms with Crippen molar-refractivity contribution in [3.05, 3.63) is 69.4 Å². The second kappa shape index (κ2) is 9.29. The number of thiazole rings is 1. The Bertz CT molecular complexity index is 1500. The van der Waals surface area contributed by atoms with E-state index in [1.165, 1.54) is 41.8 Å². The SMILES string of the molecule is COc1cc2sc(N3C(=O)C(=O)/C(=C(/O)c4c(OC)cccc4OC)C3c3cccs3)nc2cc1C. The number of amides is 1. The van der Waals surface area contributed by atoms with Gasteiger partial charge in [0.15, 0.2) is 5.13 Å². The molecule has 36 heavy (non-hydrogen) atoms. The fourth-order valence-electron chi connectivity index (χ4n) is 4.34. The molecule has 1 amide bonds. The van der Waals surface area contributed by atoms with E-state index in [0.29, 0.717) is 32.8 Å². The Morgan fingerprint density at radius 2 is 1.69 bits per heavy atom. The number of carbonyl (C=O) groups excluding carboxylic acids is 2. The first kappa shape index (κ1) is 23.8. The van der Waals surface area contributed by atoms with Gasteiger partial charge in [-0.25, -0.2) is 4.98 Å². The van der Waals surface area contributed by atoms with Gasteiger partial charge in [-0.1, -0.05) is 23.5 Å². The maximum atomic E-state index is 13.4. The summed E-state index contributed by atoms with van der Waals surface area (Å²) in [6, 6.07) is 11.5. The van der Waals surface area contributed by atoms with Crippen LogP contribution in [0.3, 0.4) is 0 Å². The van der Waals surface area contributed by atoms with Crippen molar-refractivity contribution in [3.63, 3.8) is 0 Å². The molecule has 5 rings (SSSR count). The van der Waals surface area contributed by atoms with E-state index in [1.54, 1.807) is 25.3 Å². The van der Waals surface area contributed by atoms with Gasteiger partial charge >= 0.3 is 5.91 Å². The lowest BCUT2D eigenvalue weighted by Crippen LogP contribution is -2.28. The number of aryl methyl sites for hydroxylation is 1. The smallest absolute Gasteiger partial charge is 0.301 e. The van der Waals surface area contributed by atoms with E-state index in [0.717, 1.165) is 10.3 Å². The number of aliphatic hydroxyl groups excluding tert-OH is 1. The third-order valence-electron chi connectivity index (χ3n) is 6.02. The predicted octanol–water partition coefficient (Wildman–Crippen LogP) is 5.32. The van der Waals surface area contributed by atoms with Crippen LogP contribution in [0.25, 0.3) is 16.0 Å². The van der Waals surface area contributed by atoms with Gasteiger partial charge in [0.25, 0.3) is 5.78 Å². The summed E-state index contributed by atoms with van der Waals surface area (Å²) in [5.74, 6) is -0.630. The molecule has 1 aliphatic rings. The largest absolute Gasteiger partial charge is 0.506 e. The van der Waals surface area contributed by atoms with Gasteiger partial charge in [0.1, 0.15) is 34.6 Å². The van der Waals surface area contributed by atoms with E-state index in [4.69, 9.17) is 14.2 Å². The molecule has 4 aromatic rings. The second-order valence-electron chi connectivity index (χ2n) is 8.01. The van der Waals surface area contributed by atoms with Gasteiger partial charge < -0.3 is 19.3 Å². The number of thiophene rings is 1. The minimum absolute atomic E-state index is 0.0572. The van der Waals surface area contributed by atoms with Crippen LogP contribution in [0.15, 0.2) is 53.4 Å². The molecular formula is C26H22N2O6S2. The molecular weight excluding hydrogens is 500 g/mol. The molecule has 0 bridgehead atoms. The number of ketones is 1. The number of ether oxygens (including phenoxy) is 3. The van der Waals surface area contributed by atoms with Gasteiger partial charge in [-0.2, -0.15) is 0 Å². The Labute approximate surface area is 215 Å². The molecule has 1 fully saturated rings. The summed E-state index contributed by atoms with van der Waals surface area (Å²) in [7, 11) is 4.51. The monoisotopic (exact) mass is 522 g/mol. The first-order valence-electron chi connectivity index (χ1n) is 10.9. The van der Waals surface area contributed by atoms with Crippen LogP contribution in [0.2, 0.25) is 0 Å². The Hall–Kier alpha value is -3.89. The highest BCUT2D eigenvalue weighted by molar-refractivity contribution is 7.22. The van der Waals surface area contributed by atoms with Gasteiger partial charge in [0.05, 0.1) is 37.1 Å². The third kappa shape index (κ3) is 3.69. The molecule has 1 unspecified atom stereocenters. The van der Waals surface area contributed by atoms with Gasteiger partial charge in [-0.05, 0) is 48.2 Å². The average Bonchev–Trinajstić information content (AvgIpc) is 3.61. The quantitative estimate of drug-likeness (QED) is 0.208. The Morgan fingerprint density at radius 1 is 1.00 bits per heavy atom. The Kier molecular flexibility index (Phi) is 6.15. The molecule has 1 atom stereocenters. The summed E-state index contributed by atoms with van der Waals surface area (Å²) >= 11 is 2.65. The molecule has 0 spiro atoms. The molecule has 2 aromatic heterocycles. The van der Waals surface area contributed by atoms with Gasteiger partial charge in [0.2, 0.25) is 0 Å². The molecule has 2 aromatic carbocycles. The predicted molar refractivity (Wildman–Crippen MR) is 140 cm³/mol. The summed E-state index contributed by atoms with van der Waals surface area (Å²) in [5, 5.41) is 13.7. The van der Waals surface area contributed by atoms with Crippen molar-refractivity contribution in [1.29, 1.82) is 0 Å². The highest BCUT2D eigenvalue weighted by Gasteiger charge is 2.49. The number of benzene rings is 2. The zero-order chi connectivity index (χ0) is 25.6. The van der Waals surface area contributed by atoms with Gasteiger partial charge in [-0.15, -0.1) is 11.3 Å². The fourth-order valence-corrected chi connectivity index (χ4v) is 6.16. The topological polar surface area (TPSA) is 98.2 Å². The van der Waals surface area contributed by atoms with Crippen LogP contribution in [-0.4, -0.2) is 43.1 Å². The average molecular weight is 523 g/mol. The lowest BCUT2D eigenvalue weighted by molar-refractivity contribution is -0.132. The highest BCUT2D eigenvalue weighted by atomic mass is 32.1. The van der Waals surface area contributed by atoms with E-state index < -0.39 is 17.7 Å². The number of methoxy groups -OCH3 is 3. The van der Waals surface area contributed by atoms with E-state index in [-0.39, 0.29) is 16.9 Å². The first-order valence-corrected chi connectivity index (χ1v) is 12.6. The molecule has 3 heterocycles. The summed E-state index contributed by atoms with van der Waals surface area (Å²) in [5.41, 5.74) is 1.73. The normalized spacial score (nSPS) is 17.1. The number of anilines is 1. The molecule has 0 aliphatic carbocycles. The molecule has 0 saturated carbocycles. The van der Waals surface area contributed by atoms with E-state index in [1.807, 2.05) is 36.6 Å². The van der Waals surface area contributed by atoms with Gasteiger partial charge in [0, 0.05) is 4.88 Å². The van der Waals surface area contributed by atoms with E-state index in [2.05, 4.69) is 4.98 Å². The summed E-state index contributed by atoms with van der Waals surface area (Å²) in [6.45, 7) is 1.91. The zero-order valence-electron chi connectivity index (χ0n) is 19.9. The lowest BCUT2D eigenvalue weighted by Gasteiger charge is -2.22. The van der Waals surface area contributed by atoms with Crippen LogP contribution >= 0.6 is 22.7 Å². The zero-order valence-corrected chi connectivity index (χ0v) is 21.5. The number of hydrogen-bond acceptors (Lipinski definition) is 9.